The number of ether oxygens (including phenoxy) is 1. The van der Waals surface area contributed by atoms with E-state index in [0.29, 0.717) is 5.56 Å². The van der Waals surface area contributed by atoms with Crippen LogP contribution in [-0.2, 0) is 4.79 Å². The van der Waals surface area contributed by atoms with Crippen LogP contribution in [0.4, 0.5) is 0 Å². The van der Waals surface area contributed by atoms with Crippen molar-refractivity contribution >= 4 is 11.9 Å². The van der Waals surface area contributed by atoms with Gasteiger partial charge in [0.05, 0.1) is 0 Å². The maximum Gasteiger partial charge on any atom is 0.339 e. The molecule has 5 heteroatoms. The SMILES string of the molecule is CNC(=O)C(C)Oc1c(C)cccc1C(=O)O. The van der Waals surface area contributed by atoms with E-state index in [0.717, 1.165) is 0 Å². The van der Waals surface area contributed by atoms with Crippen molar-refractivity contribution in [1.82, 2.24) is 5.32 Å². The molecule has 0 aliphatic carbocycles. The van der Waals surface area contributed by atoms with E-state index >= 15 is 0 Å². The van der Waals surface area contributed by atoms with Gasteiger partial charge in [-0.3, -0.25) is 4.79 Å². The number of hydrogen-bond acceptors (Lipinski definition) is 3. The highest BCUT2D eigenvalue weighted by molar-refractivity contribution is 5.91. The van der Waals surface area contributed by atoms with E-state index in [9.17, 15) is 9.59 Å². The molecule has 0 aliphatic rings. The summed E-state index contributed by atoms with van der Waals surface area (Å²) in [5.41, 5.74) is 0.737. The summed E-state index contributed by atoms with van der Waals surface area (Å²) in [4.78, 5) is 22.3. The largest absolute Gasteiger partial charge is 0.480 e. The van der Waals surface area contributed by atoms with E-state index < -0.39 is 12.1 Å². The van der Waals surface area contributed by atoms with Gasteiger partial charge in [0.2, 0.25) is 0 Å². The highest BCUT2D eigenvalue weighted by atomic mass is 16.5. The number of aromatic carboxylic acids is 1. The number of carboxylic acids is 1. The molecule has 0 saturated heterocycles. The van der Waals surface area contributed by atoms with Crippen molar-refractivity contribution in [2.24, 2.45) is 0 Å². The number of rotatable bonds is 4. The highest BCUT2D eigenvalue weighted by Crippen LogP contribution is 2.24. The van der Waals surface area contributed by atoms with Crippen LogP contribution in [0.2, 0.25) is 0 Å². The second kappa shape index (κ2) is 5.34. The second-order valence-corrected chi connectivity index (χ2v) is 3.63. The average Bonchev–Trinajstić information content (AvgIpc) is 2.30. The first kappa shape index (κ1) is 13.0. The lowest BCUT2D eigenvalue weighted by Gasteiger charge is -2.16. The topological polar surface area (TPSA) is 75.6 Å². The molecule has 1 aromatic rings. The van der Waals surface area contributed by atoms with Crippen LogP contribution in [0.15, 0.2) is 18.2 Å². The molecule has 92 valence electrons. The normalized spacial score (nSPS) is 11.7. The quantitative estimate of drug-likeness (QED) is 0.825. The van der Waals surface area contributed by atoms with Crippen LogP contribution in [0.25, 0.3) is 0 Å². The molecule has 1 atom stereocenters. The van der Waals surface area contributed by atoms with E-state index in [-0.39, 0.29) is 17.2 Å². The summed E-state index contributed by atoms with van der Waals surface area (Å²) in [6.45, 7) is 3.30. The fourth-order valence-electron chi connectivity index (χ4n) is 1.41. The minimum absolute atomic E-state index is 0.0563. The van der Waals surface area contributed by atoms with Crippen LogP contribution in [0.1, 0.15) is 22.8 Å². The maximum absolute atomic E-state index is 11.3. The van der Waals surface area contributed by atoms with E-state index in [1.165, 1.54) is 13.1 Å². The molecule has 1 amide bonds. The molecule has 0 saturated carbocycles. The number of carboxylic acid groups (broad SMARTS) is 1. The van der Waals surface area contributed by atoms with Gasteiger partial charge in [-0.1, -0.05) is 12.1 Å². The maximum atomic E-state index is 11.3. The van der Waals surface area contributed by atoms with Gasteiger partial charge < -0.3 is 15.2 Å². The molecule has 0 bridgehead atoms. The van der Waals surface area contributed by atoms with Crippen molar-refractivity contribution in [3.63, 3.8) is 0 Å². The van der Waals surface area contributed by atoms with Crippen LogP contribution in [0, 0.1) is 6.92 Å². The number of amides is 1. The standard InChI is InChI=1S/C12H15NO4/c1-7-5-4-6-9(12(15)16)10(7)17-8(2)11(14)13-3/h4-6,8H,1-3H3,(H,13,14)(H,15,16). The number of para-hydroxylation sites is 1. The molecule has 1 rings (SSSR count). The van der Waals surface area contributed by atoms with Crippen molar-refractivity contribution in [2.45, 2.75) is 20.0 Å². The Balaban J connectivity index is 3.05. The number of hydrogen-bond donors (Lipinski definition) is 2. The van der Waals surface area contributed by atoms with Gasteiger partial charge in [0, 0.05) is 7.05 Å². The van der Waals surface area contributed by atoms with Crippen molar-refractivity contribution in [2.75, 3.05) is 7.05 Å². The van der Waals surface area contributed by atoms with Crippen molar-refractivity contribution in [3.05, 3.63) is 29.3 Å². The Labute approximate surface area is 99.4 Å². The fraction of sp³-hybridized carbons (Fsp3) is 0.333. The molecule has 0 spiro atoms. The molecule has 1 unspecified atom stereocenters. The van der Waals surface area contributed by atoms with E-state index in [1.54, 1.807) is 26.0 Å². The number of carbonyl (C=O) groups is 2. The Hall–Kier alpha value is -2.04. The van der Waals surface area contributed by atoms with Gasteiger partial charge in [0.25, 0.3) is 5.91 Å². The Morgan fingerprint density at radius 1 is 1.41 bits per heavy atom. The third-order valence-corrected chi connectivity index (χ3v) is 2.35. The molecular formula is C12H15NO4. The van der Waals surface area contributed by atoms with Crippen LogP contribution in [0.5, 0.6) is 5.75 Å². The highest BCUT2D eigenvalue weighted by Gasteiger charge is 2.19. The van der Waals surface area contributed by atoms with Gasteiger partial charge in [0.1, 0.15) is 11.3 Å². The zero-order chi connectivity index (χ0) is 13.0. The van der Waals surface area contributed by atoms with Crippen LogP contribution in [0.3, 0.4) is 0 Å². The van der Waals surface area contributed by atoms with E-state index in [2.05, 4.69) is 5.32 Å². The Morgan fingerprint density at radius 2 is 2.06 bits per heavy atom. The minimum atomic E-state index is -1.08. The van der Waals surface area contributed by atoms with Gasteiger partial charge in [-0.05, 0) is 25.5 Å². The molecule has 17 heavy (non-hydrogen) atoms. The molecule has 0 aromatic heterocycles. The Morgan fingerprint density at radius 3 is 2.59 bits per heavy atom. The van der Waals surface area contributed by atoms with Gasteiger partial charge >= 0.3 is 5.97 Å². The summed E-state index contributed by atoms with van der Waals surface area (Å²) in [7, 11) is 1.50. The molecule has 2 N–H and O–H groups in total. The lowest BCUT2D eigenvalue weighted by atomic mass is 10.1. The molecular weight excluding hydrogens is 222 g/mol. The number of nitrogens with one attached hydrogen (secondary N) is 1. The summed E-state index contributed by atoms with van der Waals surface area (Å²) in [5, 5.41) is 11.5. The summed E-state index contributed by atoms with van der Waals surface area (Å²) in [5.74, 6) is -1.14. The zero-order valence-corrected chi connectivity index (χ0v) is 9.98. The molecule has 0 heterocycles. The fourth-order valence-corrected chi connectivity index (χ4v) is 1.41. The van der Waals surface area contributed by atoms with Crippen molar-refractivity contribution in [1.29, 1.82) is 0 Å². The van der Waals surface area contributed by atoms with Gasteiger partial charge in [0.15, 0.2) is 6.10 Å². The minimum Gasteiger partial charge on any atom is -0.480 e. The average molecular weight is 237 g/mol. The predicted octanol–water partition coefficient (Wildman–Crippen LogP) is 1.21. The monoisotopic (exact) mass is 237 g/mol. The van der Waals surface area contributed by atoms with Crippen molar-refractivity contribution < 1.29 is 19.4 Å². The smallest absolute Gasteiger partial charge is 0.339 e. The summed E-state index contributed by atoms with van der Waals surface area (Å²) < 4.78 is 5.40. The second-order valence-electron chi connectivity index (χ2n) is 3.63. The first-order valence-electron chi connectivity index (χ1n) is 5.18. The molecule has 5 nitrogen and oxygen atoms in total. The predicted molar refractivity (Wildman–Crippen MR) is 62.3 cm³/mol. The van der Waals surface area contributed by atoms with Crippen LogP contribution < -0.4 is 10.1 Å². The number of carbonyl (C=O) groups excluding carboxylic acids is 1. The summed E-state index contributed by atoms with van der Waals surface area (Å²) in [6, 6.07) is 4.82. The third kappa shape index (κ3) is 2.96. The summed E-state index contributed by atoms with van der Waals surface area (Å²) >= 11 is 0. The summed E-state index contributed by atoms with van der Waals surface area (Å²) in [6.07, 6.45) is -0.737. The van der Waals surface area contributed by atoms with Crippen molar-refractivity contribution in [3.8, 4) is 5.75 Å². The van der Waals surface area contributed by atoms with Crippen LogP contribution in [-0.4, -0.2) is 30.1 Å². The van der Waals surface area contributed by atoms with Gasteiger partial charge in [-0.2, -0.15) is 0 Å². The Bertz CT molecular complexity index is 442. The lowest BCUT2D eigenvalue weighted by molar-refractivity contribution is -0.126. The third-order valence-electron chi connectivity index (χ3n) is 2.35. The van der Waals surface area contributed by atoms with Crippen LogP contribution >= 0.6 is 0 Å². The first-order chi connectivity index (χ1) is 7.97. The Kier molecular flexibility index (Phi) is 4.09. The van der Waals surface area contributed by atoms with Gasteiger partial charge in [-0.25, -0.2) is 4.79 Å². The molecule has 0 fully saturated rings. The number of aryl methyl sites for hydroxylation is 1. The zero-order valence-electron chi connectivity index (χ0n) is 9.98. The lowest BCUT2D eigenvalue weighted by Crippen LogP contribution is -2.34. The van der Waals surface area contributed by atoms with Gasteiger partial charge in [-0.15, -0.1) is 0 Å². The number of benzene rings is 1. The van der Waals surface area contributed by atoms with E-state index in [4.69, 9.17) is 9.84 Å². The van der Waals surface area contributed by atoms with E-state index in [1.807, 2.05) is 0 Å². The first-order valence-corrected chi connectivity index (χ1v) is 5.18. The molecule has 0 aliphatic heterocycles. The molecule has 1 aromatic carbocycles. The number of likely N-dealkylation sites (N-methyl/N-ethyl adjacent to an activating group) is 1. The molecule has 0 radical (unpaired) electrons.